The van der Waals surface area contributed by atoms with E-state index in [-0.39, 0.29) is 23.7 Å². The monoisotopic (exact) mass is 346 g/mol. The fourth-order valence-electron chi connectivity index (χ4n) is 3.18. The summed E-state index contributed by atoms with van der Waals surface area (Å²) >= 11 is 0. The molecule has 0 aliphatic carbocycles. The number of ether oxygens (including phenoxy) is 1. The van der Waals surface area contributed by atoms with Crippen LogP contribution in [0.5, 0.6) is 5.75 Å². The summed E-state index contributed by atoms with van der Waals surface area (Å²) in [6.07, 6.45) is 5.20. The number of carbonyl (C=O) groups is 1. The lowest BCUT2D eigenvalue weighted by molar-refractivity contribution is -0.122. The van der Waals surface area contributed by atoms with Gasteiger partial charge in [-0.25, -0.2) is 4.39 Å². The van der Waals surface area contributed by atoms with E-state index in [1.54, 1.807) is 21.8 Å². The van der Waals surface area contributed by atoms with Gasteiger partial charge in [-0.2, -0.15) is 5.10 Å². The summed E-state index contributed by atoms with van der Waals surface area (Å²) in [5.41, 5.74) is 1.59. The van der Waals surface area contributed by atoms with Crippen molar-refractivity contribution >= 4 is 11.6 Å². The van der Waals surface area contributed by atoms with Crippen LogP contribution in [0.15, 0.2) is 30.6 Å². The zero-order chi connectivity index (χ0) is 18.0. The van der Waals surface area contributed by atoms with E-state index < -0.39 is 5.82 Å². The van der Waals surface area contributed by atoms with Gasteiger partial charge in [0.2, 0.25) is 5.91 Å². The lowest BCUT2D eigenvalue weighted by Gasteiger charge is -2.33. The van der Waals surface area contributed by atoms with Gasteiger partial charge < -0.3 is 9.64 Å². The van der Waals surface area contributed by atoms with Gasteiger partial charge in [0.15, 0.2) is 11.6 Å². The topological polar surface area (TPSA) is 59.4 Å². The maximum atomic E-state index is 13.9. The zero-order valence-corrected chi connectivity index (χ0v) is 14.7. The maximum Gasteiger partial charge on any atom is 0.244 e. The van der Waals surface area contributed by atoms with Crippen molar-refractivity contribution in [1.29, 1.82) is 0 Å². The number of nitrogens with one attached hydrogen (secondary N) is 1. The molecule has 134 valence electrons. The van der Waals surface area contributed by atoms with Gasteiger partial charge in [-0.3, -0.25) is 14.8 Å². The summed E-state index contributed by atoms with van der Waals surface area (Å²) in [5.74, 6) is -0.159. The Balaban J connectivity index is 1.71. The van der Waals surface area contributed by atoms with Crippen molar-refractivity contribution in [3.8, 4) is 5.75 Å². The smallest absolute Gasteiger partial charge is 0.244 e. The number of methoxy groups -OCH3 is 1. The van der Waals surface area contributed by atoms with Crippen LogP contribution in [0.3, 0.4) is 0 Å². The Morgan fingerprint density at radius 1 is 1.44 bits per heavy atom. The van der Waals surface area contributed by atoms with E-state index in [2.05, 4.69) is 10.4 Å². The third-order valence-corrected chi connectivity index (χ3v) is 4.57. The molecule has 1 fully saturated rings. The number of rotatable bonds is 5. The van der Waals surface area contributed by atoms with Crippen molar-refractivity contribution in [3.63, 3.8) is 0 Å². The molecular weight excluding hydrogens is 323 g/mol. The zero-order valence-electron chi connectivity index (χ0n) is 14.7. The Morgan fingerprint density at radius 2 is 2.24 bits per heavy atom. The van der Waals surface area contributed by atoms with E-state index in [9.17, 15) is 9.18 Å². The number of benzene rings is 1. The molecule has 1 aliphatic rings. The molecule has 3 rings (SSSR count). The van der Waals surface area contributed by atoms with Crippen LogP contribution in [0.2, 0.25) is 0 Å². The van der Waals surface area contributed by atoms with Gasteiger partial charge in [-0.15, -0.1) is 0 Å². The van der Waals surface area contributed by atoms with Gasteiger partial charge in [-0.1, -0.05) is 6.07 Å². The highest BCUT2D eigenvalue weighted by molar-refractivity contribution is 5.97. The van der Waals surface area contributed by atoms with Crippen LogP contribution in [0, 0.1) is 5.82 Å². The average Bonchev–Trinajstić information content (AvgIpc) is 3.02. The molecule has 0 spiro atoms. The van der Waals surface area contributed by atoms with Crippen LogP contribution >= 0.6 is 0 Å². The van der Waals surface area contributed by atoms with Crippen molar-refractivity contribution in [2.75, 3.05) is 18.6 Å². The van der Waals surface area contributed by atoms with E-state index in [1.807, 2.05) is 26.2 Å². The fourth-order valence-corrected chi connectivity index (χ4v) is 3.18. The molecule has 1 N–H and O–H groups in total. The van der Waals surface area contributed by atoms with E-state index in [4.69, 9.17) is 4.74 Å². The first kappa shape index (κ1) is 17.4. The summed E-state index contributed by atoms with van der Waals surface area (Å²) < 4.78 is 20.5. The van der Waals surface area contributed by atoms with Crippen LogP contribution in [-0.2, 0) is 11.8 Å². The Bertz CT molecular complexity index is 761. The summed E-state index contributed by atoms with van der Waals surface area (Å²) in [6.45, 7) is 2.62. The highest BCUT2D eigenvalue weighted by Crippen LogP contribution is 2.25. The molecule has 1 amide bonds. The highest BCUT2D eigenvalue weighted by Gasteiger charge is 2.31. The summed E-state index contributed by atoms with van der Waals surface area (Å²) in [6, 6.07) is 4.42. The van der Waals surface area contributed by atoms with Crippen LogP contribution in [0.25, 0.3) is 0 Å². The molecule has 1 aromatic carbocycles. The lowest BCUT2D eigenvalue weighted by atomic mass is 10.0. The normalized spacial score (nSPS) is 19.1. The number of hydrogen-bond donors (Lipinski definition) is 1. The number of amides is 1. The molecule has 1 aliphatic heterocycles. The van der Waals surface area contributed by atoms with Crippen LogP contribution in [0.4, 0.5) is 10.1 Å². The number of anilines is 1. The number of aromatic nitrogens is 2. The average molecular weight is 346 g/mol. The molecule has 1 saturated heterocycles. The van der Waals surface area contributed by atoms with Gasteiger partial charge in [-0.05, 0) is 37.5 Å². The summed E-state index contributed by atoms with van der Waals surface area (Å²) in [4.78, 5) is 14.6. The molecule has 0 unspecified atom stereocenters. The molecule has 25 heavy (non-hydrogen) atoms. The number of aryl methyl sites for hydroxylation is 1. The standard InChI is InChI=1S/C18H23FN4O2/c1-12(13-6-7-17(25-3)15(19)9-13)21-16-5-4-8-23(18(16)24)14-10-20-22(2)11-14/h6-7,9-12,16,21H,4-5,8H2,1-3H3/t12-,16-/m1/s1. The second kappa shape index (κ2) is 7.23. The molecule has 2 atom stereocenters. The van der Waals surface area contributed by atoms with Gasteiger partial charge in [0.05, 0.1) is 25.0 Å². The van der Waals surface area contributed by atoms with Crippen molar-refractivity contribution in [2.45, 2.75) is 31.8 Å². The number of piperidine rings is 1. The first-order valence-electron chi connectivity index (χ1n) is 8.39. The minimum atomic E-state index is -0.402. The predicted octanol–water partition coefficient (Wildman–Crippen LogP) is 2.41. The minimum absolute atomic E-state index is 0.0279. The highest BCUT2D eigenvalue weighted by atomic mass is 19.1. The Hall–Kier alpha value is -2.41. The Kier molecular flexibility index (Phi) is 5.03. The fraction of sp³-hybridized carbons (Fsp3) is 0.444. The SMILES string of the molecule is COc1ccc([C@@H](C)N[C@@H]2CCCN(c3cnn(C)c3)C2=O)cc1F. The van der Waals surface area contributed by atoms with Gasteiger partial charge in [0.25, 0.3) is 0 Å². The Morgan fingerprint density at radius 3 is 2.88 bits per heavy atom. The van der Waals surface area contributed by atoms with E-state index in [0.29, 0.717) is 6.54 Å². The van der Waals surface area contributed by atoms with Gasteiger partial charge >= 0.3 is 0 Å². The van der Waals surface area contributed by atoms with Crippen LogP contribution in [-0.4, -0.2) is 35.4 Å². The third kappa shape index (κ3) is 3.66. The minimum Gasteiger partial charge on any atom is -0.494 e. The molecule has 0 radical (unpaired) electrons. The predicted molar refractivity (Wildman–Crippen MR) is 93.1 cm³/mol. The molecule has 0 bridgehead atoms. The number of halogens is 1. The molecule has 2 heterocycles. The van der Waals surface area contributed by atoms with Crippen LogP contribution in [0.1, 0.15) is 31.4 Å². The summed E-state index contributed by atoms with van der Waals surface area (Å²) in [5, 5.41) is 7.46. The van der Waals surface area contributed by atoms with Crippen LogP contribution < -0.4 is 15.0 Å². The quantitative estimate of drug-likeness (QED) is 0.903. The maximum absolute atomic E-state index is 13.9. The Labute approximate surface area is 146 Å². The first-order chi connectivity index (χ1) is 12.0. The third-order valence-electron chi connectivity index (χ3n) is 4.57. The molecule has 2 aromatic rings. The van der Waals surface area contributed by atoms with Crippen molar-refractivity contribution in [2.24, 2.45) is 7.05 Å². The van der Waals surface area contributed by atoms with Crippen molar-refractivity contribution in [3.05, 3.63) is 42.0 Å². The molecule has 1 aromatic heterocycles. The van der Waals surface area contributed by atoms with Gasteiger partial charge in [0.1, 0.15) is 0 Å². The van der Waals surface area contributed by atoms with E-state index in [0.717, 1.165) is 24.1 Å². The molecule has 0 saturated carbocycles. The van der Waals surface area contributed by atoms with Crippen molar-refractivity contribution in [1.82, 2.24) is 15.1 Å². The van der Waals surface area contributed by atoms with E-state index in [1.165, 1.54) is 13.2 Å². The molecule has 6 nitrogen and oxygen atoms in total. The lowest BCUT2D eigenvalue weighted by Crippen LogP contribution is -2.51. The number of carbonyl (C=O) groups excluding carboxylic acids is 1. The molecule has 7 heteroatoms. The molecular formula is C18H23FN4O2. The second-order valence-electron chi connectivity index (χ2n) is 6.34. The largest absolute Gasteiger partial charge is 0.494 e. The number of hydrogen-bond acceptors (Lipinski definition) is 4. The van der Waals surface area contributed by atoms with E-state index >= 15 is 0 Å². The van der Waals surface area contributed by atoms with Gasteiger partial charge in [0, 0.05) is 25.8 Å². The van der Waals surface area contributed by atoms with Crippen molar-refractivity contribution < 1.29 is 13.9 Å². The first-order valence-corrected chi connectivity index (χ1v) is 8.39. The summed E-state index contributed by atoms with van der Waals surface area (Å²) in [7, 11) is 3.27. The number of nitrogens with zero attached hydrogens (tertiary/aromatic N) is 3. The second-order valence-corrected chi connectivity index (χ2v) is 6.34.